The van der Waals surface area contributed by atoms with E-state index in [4.69, 9.17) is 18.6 Å². The zero-order chi connectivity index (χ0) is 17.4. The maximum absolute atomic E-state index is 12.2. The number of rotatable bonds is 7. The second kappa shape index (κ2) is 8.09. The Kier molecular flexibility index (Phi) is 5.88. The van der Waals surface area contributed by atoms with Crippen molar-refractivity contribution in [1.82, 2.24) is 0 Å². The molecule has 0 atom stereocenters. The quantitative estimate of drug-likeness (QED) is 0.334. The number of carbonyl (C=O) groups is 2. The summed E-state index contributed by atoms with van der Waals surface area (Å²) in [5, 5.41) is 0. The summed E-state index contributed by atoms with van der Waals surface area (Å²) in [5.74, 6) is -1.65. The molecule has 0 bridgehead atoms. The molecule has 0 spiro atoms. The Bertz CT molecular complexity index is 648. The van der Waals surface area contributed by atoms with Gasteiger partial charge in [0.05, 0.1) is 17.4 Å². The summed E-state index contributed by atoms with van der Waals surface area (Å²) in [6.45, 7) is 3.35. The van der Waals surface area contributed by atoms with Crippen molar-refractivity contribution in [2.75, 3.05) is 0 Å². The Morgan fingerprint density at radius 3 is 1.62 bits per heavy atom. The third-order valence-electron chi connectivity index (χ3n) is 2.81. The van der Waals surface area contributed by atoms with Crippen LogP contribution in [0.4, 0.5) is 0 Å². The third-order valence-corrected chi connectivity index (χ3v) is 3.06. The molecule has 0 fully saturated rings. The molecule has 0 aliphatic heterocycles. The van der Waals surface area contributed by atoms with Crippen molar-refractivity contribution in [2.24, 2.45) is 0 Å². The monoisotopic (exact) mass is 341 g/mol. The first-order chi connectivity index (χ1) is 11.6. The number of hydrogen-bond acceptors (Lipinski definition) is 6. The molecule has 0 N–H and O–H groups in total. The van der Waals surface area contributed by atoms with E-state index >= 15 is 0 Å². The summed E-state index contributed by atoms with van der Waals surface area (Å²) < 4.78 is 19.9. The van der Waals surface area contributed by atoms with Crippen molar-refractivity contribution >= 4 is 22.4 Å². The second-order valence-electron chi connectivity index (χ2n) is 4.40. The molecule has 0 aliphatic carbocycles. The topological polar surface area (TPSA) is 71.1 Å². The lowest BCUT2D eigenvalue weighted by Crippen LogP contribution is -2.44. The Morgan fingerprint density at radius 2 is 1.29 bits per heavy atom. The van der Waals surface area contributed by atoms with Crippen LogP contribution in [0, 0.1) is 0 Å². The lowest BCUT2D eigenvalue weighted by Gasteiger charge is -2.28. The van der Waals surface area contributed by atoms with Crippen LogP contribution in [0.1, 0.15) is 20.7 Å². The van der Waals surface area contributed by atoms with Crippen LogP contribution in [-0.4, -0.2) is 28.6 Å². The summed E-state index contributed by atoms with van der Waals surface area (Å²) in [5.41, 5.74) is 0.433. The van der Waals surface area contributed by atoms with E-state index < -0.39 is 18.1 Å². The van der Waals surface area contributed by atoms with Crippen molar-refractivity contribution in [3.8, 4) is 0 Å². The molecular formula is C17H13O6Si. The molecular weight excluding hydrogens is 328 g/mol. The summed E-state index contributed by atoms with van der Waals surface area (Å²) in [4.78, 5) is 24.4. The fourth-order valence-electron chi connectivity index (χ4n) is 1.73. The molecule has 0 aromatic heterocycles. The molecule has 0 unspecified atom stereocenters. The van der Waals surface area contributed by atoms with Crippen LogP contribution in [0.25, 0.3) is 0 Å². The predicted octanol–water partition coefficient (Wildman–Crippen LogP) is 2.57. The fraction of sp³-hybridized carbons (Fsp3) is 0.0588. The van der Waals surface area contributed by atoms with Crippen molar-refractivity contribution in [1.29, 1.82) is 0 Å². The highest BCUT2D eigenvalue weighted by Gasteiger charge is 2.42. The normalized spacial score (nSPS) is 10.5. The van der Waals surface area contributed by atoms with Gasteiger partial charge in [0.1, 0.15) is 0 Å². The van der Waals surface area contributed by atoms with Gasteiger partial charge in [0.2, 0.25) is 0 Å². The molecule has 7 heteroatoms. The van der Waals surface area contributed by atoms with Crippen LogP contribution in [0.3, 0.4) is 0 Å². The molecule has 3 radical (unpaired) electrons. The zero-order valence-corrected chi connectivity index (χ0v) is 13.5. The molecule has 6 nitrogen and oxygen atoms in total. The highest BCUT2D eigenvalue weighted by atomic mass is 28.2. The molecule has 2 rings (SSSR count). The van der Waals surface area contributed by atoms with Gasteiger partial charge in [0, 0.05) is 0 Å². The van der Waals surface area contributed by atoms with Crippen molar-refractivity contribution < 1.29 is 28.2 Å². The number of carbonyl (C=O) groups excluding carboxylic acids is 2. The van der Waals surface area contributed by atoms with Crippen molar-refractivity contribution in [3.05, 3.63) is 84.6 Å². The number of benzene rings is 2. The Morgan fingerprint density at radius 1 is 0.875 bits per heavy atom. The fourth-order valence-corrected chi connectivity index (χ4v) is 1.86. The van der Waals surface area contributed by atoms with Crippen molar-refractivity contribution in [2.45, 2.75) is 6.16 Å². The van der Waals surface area contributed by atoms with E-state index in [9.17, 15) is 9.59 Å². The smallest absolute Gasteiger partial charge is 0.406 e. The molecule has 2 aromatic carbocycles. The summed E-state index contributed by atoms with van der Waals surface area (Å²) in [6, 6.07) is 16.2. The van der Waals surface area contributed by atoms with E-state index in [1.54, 1.807) is 36.4 Å². The highest BCUT2D eigenvalue weighted by molar-refractivity contribution is 5.98. The molecule has 0 aliphatic rings. The average Bonchev–Trinajstić information content (AvgIpc) is 2.63. The average molecular weight is 341 g/mol. The molecule has 0 saturated carbocycles. The summed E-state index contributed by atoms with van der Waals surface area (Å²) in [6.07, 6.45) is -1.55. The van der Waals surface area contributed by atoms with E-state index in [0.29, 0.717) is 0 Å². The minimum atomic E-state index is -2.46. The first-order valence-corrected chi connectivity index (χ1v) is 7.21. The number of ether oxygens (including phenoxy) is 3. The Hall–Kier alpha value is -2.90. The Balaban J connectivity index is 2.21. The van der Waals surface area contributed by atoms with Gasteiger partial charge in [-0.05, 0) is 24.3 Å². The van der Waals surface area contributed by atoms with Gasteiger partial charge in [-0.25, -0.2) is 9.59 Å². The minimum absolute atomic E-state index is 0.217. The van der Waals surface area contributed by atoms with Gasteiger partial charge in [0.25, 0.3) is 10.5 Å². The van der Waals surface area contributed by atoms with E-state index in [0.717, 1.165) is 6.26 Å². The van der Waals surface area contributed by atoms with Crippen LogP contribution in [0.15, 0.2) is 73.5 Å². The molecule has 0 heterocycles. The van der Waals surface area contributed by atoms with E-state index in [1.807, 2.05) is 0 Å². The largest absolute Gasteiger partial charge is 0.553 e. The van der Waals surface area contributed by atoms with Crippen molar-refractivity contribution in [3.63, 3.8) is 0 Å². The van der Waals surface area contributed by atoms with Crippen LogP contribution >= 0.6 is 0 Å². The maximum atomic E-state index is 12.2. The van der Waals surface area contributed by atoms with Gasteiger partial charge in [-0.3, -0.25) is 0 Å². The van der Waals surface area contributed by atoms with Gasteiger partial charge in [-0.1, -0.05) is 43.0 Å². The lowest BCUT2D eigenvalue weighted by atomic mass is 10.2. The van der Waals surface area contributed by atoms with Crippen LogP contribution in [0.2, 0.25) is 0 Å². The first kappa shape index (κ1) is 17.5. The third kappa shape index (κ3) is 4.31. The minimum Gasteiger partial charge on any atom is -0.406 e. The second-order valence-corrected chi connectivity index (χ2v) is 4.60. The number of hydrogen-bond donors (Lipinski definition) is 0. The van der Waals surface area contributed by atoms with E-state index in [2.05, 4.69) is 17.1 Å². The van der Waals surface area contributed by atoms with Crippen LogP contribution in [0.5, 0.6) is 0 Å². The van der Waals surface area contributed by atoms with Gasteiger partial charge in [-0.2, -0.15) is 0 Å². The lowest BCUT2D eigenvalue weighted by molar-refractivity contribution is -0.409. The predicted molar refractivity (Wildman–Crippen MR) is 84.6 cm³/mol. The van der Waals surface area contributed by atoms with Gasteiger partial charge < -0.3 is 18.6 Å². The molecule has 121 valence electrons. The van der Waals surface area contributed by atoms with Crippen LogP contribution < -0.4 is 0 Å². The summed E-state index contributed by atoms with van der Waals surface area (Å²) in [7, 11) is 2.70. The van der Waals surface area contributed by atoms with E-state index in [-0.39, 0.29) is 11.1 Å². The van der Waals surface area contributed by atoms with Gasteiger partial charge in [-0.15, -0.1) is 0 Å². The van der Waals surface area contributed by atoms with E-state index in [1.165, 1.54) is 24.3 Å². The molecule has 24 heavy (non-hydrogen) atoms. The van der Waals surface area contributed by atoms with Crippen LogP contribution in [-0.2, 0) is 18.6 Å². The summed E-state index contributed by atoms with van der Waals surface area (Å²) >= 11 is 0. The van der Waals surface area contributed by atoms with Gasteiger partial charge in [0.15, 0.2) is 0 Å². The number of esters is 2. The SMILES string of the molecule is C=COC(O[Si])(OC(=O)c1ccccc1)OC(=O)c1ccccc1. The zero-order valence-electron chi connectivity index (χ0n) is 12.5. The molecule has 2 aromatic rings. The molecule has 0 amide bonds. The Labute approximate surface area is 142 Å². The standard InChI is InChI=1S/C17H13O6Si/c1-2-20-17(23-24,21-15(18)13-9-5-3-6-10-13)22-16(19)14-11-7-4-8-12-14/h2-12H,1H2. The maximum Gasteiger partial charge on any atom is 0.553 e. The molecule has 0 saturated heterocycles. The first-order valence-electron chi connectivity index (χ1n) is 6.80. The van der Waals surface area contributed by atoms with Gasteiger partial charge >= 0.3 is 18.1 Å². The highest BCUT2D eigenvalue weighted by Crippen LogP contribution is 2.21.